The smallest absolute Gasteiger partial charge is 0.388 e. The van der Waals surface area contributed by atoms with Crippen LogP contribution in [-0.4, -0.2) is 17.5 Å². The molecular weight excluding hydrogens is 374 g/mol. The molecule has 2 aromatic rings. The van der Waals surface area contributed by atoms with Crippen LogP contribution in [0.4, 0.5) is 14.5 Å². The Kier molecular flexibility index (Phi) is 6.01. The number of alkyl halides is 2. The van der Waals surface area contributed by atoms with E-state index in [9.17, 15) is 13.6 Å². The van der Waals surface area contributed by atoms with E-state index in [2.05, 4.69) is 28.9 Å². The molecule has 1 aliphatic rings. The Morgan fingerprint density at radius 1 is 1.21 bits per heavy atom. The van der Waals surface area contributed by atoms with Crippen LogP contribution in [0.25, 0.3) is 0 Å². The molecule has 3 rings (SSSR count). The lowest BCUT2D eigenvalue weighted by molar-refractivity contribution is -0.123. The van der Waals surface area contributed by atoms with E-state index in [1.165, 1.54) is 5.57 Å². The number of nitrogens with zero attached hydrogens (tertiary/aromatic N) is 1. The van der Waals surface area contributed by atoms with Crippen LogP contribution in [0.5, 0.6) is 5.88 Å². The normalized spacial score (nSPS) is 18.6. The Bertz CT molecular complexity index is 930. The SMILES string of the molecule is CC=C1CC(C(=O)Nc2ccc(C)nc2OC(F)F)(c2ccccc2C(C)C)C1. The summed E-state index contributed by atoms with van der Waals surface area (Å²) in [5.41, 5.74) is 3.23. The molecule has 1 amide bonds. The minimum absolute atomic E-state index is 0.149. The zero-order valence-electron chi connectivity index (χ0n) is 17.1. The van der Waals surface area contributed by atoms with Gasteiger partial charge in [0.1, 0.15) is 5.69 Å². The fourth-order valence-electron chi connectivity index (χ4n) is 3.88. The highest BCUT2D eigenvalue weighted by Crippen LogP contribution is 2.50. The molecule has 4 nitrogen and oxygen atoms in total. The van der Waals surface area contributed by atoms with Gasteiger partial charge in [0.2, 0.25) is 11.8 Å². The molecule has 0 atom stereocenters. The summed E-state index contributed by atoms with van der Waals surface area (Å²) in [6.07, 6.45) is 3.23. The summed E-state index contributed by atoms with van der Waals surface area (Å²) in [5, 5.41) is 2.81. The molecule has 6 heteroatoms. The van der Waals surface area contributed by atoms with Gasteiger partial charge in [0.15, 0.2) is 0 Å². The maximum absolute atomic E-state index is 13.5. The Labute approximate surface area is 170 Å². The third-order valence-corrected chi connectivity index (χ3v) is 5.45. The van der Waals surface area contributed by atoms with E-state index >= 15 is 0 Å². The topological polar surface area (TPSA) is 51.2 Å². The zero-order valence-corrected chi connectivity index (χ0v) is 17.1. The number of nitrogens with one attached hydrogen (secondary N) is 1. The Morgan fingerprint density at radius 2 is 1.90 bits per heavy atom. The van der Waals surface area contributed by atoms with Gasteiger partial charge in [-0.15, -0.1) is 0 Å². The molecule has 0 bridgehead atoms. The molecule has 154 valence electrons. The van der Waals surface area contributed by atoms with Gasteiger partial charge in [0.25, 0.3) is 0 Å². The molecule has 1 aromatic carbocycles. The number of benzene rings is 1. The summed E-state index contributed by atoms with van der Waals surface area (Å²) in [5.74, 6) is -0.253. The van der Waals surface area contributed by atoms with Crippen molar-refractivity contribution in [2.75, 3.05) is 5.32 Å². The molecule has 0 saturated heterocycles. The number of pyridine rings is 1. The van der Waals surface area contributed by atoms with Crippen LogP contribution in [-0.2, 0) is 10.2 Å². The standard InChI is InChI=1S/C23H26F2N2O2/c1-5-16-12-23(13-16,18-9-7-6-8-17(18)14(2)3)21(28)27-19-11-10-15(4)26-20(19)29-22(24)25/h5-11,14,22H,12-13H2,1-4H3,(H,27,28). The first kappa shape index (κ1) is 21.0. The average molecular weight is 400 g/mol. The summed E-state index contributed by atoms with van der Waals surface area (Å²) in [6.45, 7) is 4.81. The molecular formula is C23H26F2N2O2. The molecule has 1 N–H and O–H groups in total. The minimum Gasteiger partial charge on any atom is -0.415 e. The van der Waals surface area contributed by atoms with Crippen molar-refractivity contribution in [3.63, 3.8) is 0 Å². The molecule has 0 aliphatic heterocycles. The van der Waals surface area contributed by atoms with Gasteiger partial charge < -0.3 is 10.1 Å². The molecule has 1 saturated carbocycles. The largest absolute Gasteiger partial charge is 0.415 e. The number of hydrogen-bond donors (Lipinski definition) is 1. The van der Waals surface area contributed by atoms with E-state index < -0.39 is 12.0 Å². The highest BCUT2D eigenvalue weighted by molar-refractivity contribution is 6.02. The highest BCUT2D eigenvalue weighted by atomic mass is 19.3. The summed E-state index contributed by atoms with van der Waals surface area (Å²) in [4.78, 5) is 17.5. The molecule has 0 spiro atoms. The molecule has 1 aliphatic carbocycles. The maximum atomic E-state index is 13.5. The lowest BCUT2D eigenvalue weighted by Gasteiger charge is -2.44. The van der Waals surface area contributed by atoms with Gasteiger partial charge in [-0.2, -0.15) is 8.78 Å². The number of aromatic nitrogens is 1. The molecule has 0 unspecified atom stereocenters. The summed E-state index contributed by atoms with van der Waals surface area (Å²) >= 11 is 0. The molecule has 0 radical (unpaired) electrons. The van der Waals surface area contributed by atoms with E-state index in [1.807, 2.05) is 37.3 Å². The Morgan fingerprint density at radius 3 is 2.52 bits per heavy atom. The van der Waals surface area contributed by atoms with Crippen molar-refractivity contribution >= 4 is 11.6 Å². The maximum Gasteiger partial charge on any atom is 0.388 e. The van der Waals surface area contributed by atoms with Crippen molar-refractivity contribution in [3.8, 4) is 5.88 Å². The minimum atomic E-state index is -3.02. The van der Waals surface area contributed by atoms with Crippen molar-refractivity contribution in [1.82, 2.24) is 4.98 Å². The second-order valence-corrected chi connectivity index (χ2v) is 7.76. The van der Waals surface area contributed by atoms with Crippen LogP contribution in [0.2, 0.25) is 0 Å². The first-order chi connectivity index (χ1) is 13.8. The van der Waals surface area contributed by atoms with Gasteiger partial charge in [-0.05, 0) is 55.9 Å². The quantitative estimate of drug-likeness (QED) is 0.630. The van der Waals surface area contributed by atoms with Gasteiger partial charge in [-0.1, -0.05) is 49.8 Å². The van der Waals surface area contributed by atoms with E-state index in [1.54, 1.807) is 19.1 Å². The van der Waals surface area contributed by atoms with Gasteiger partial charge in [-0.3, -0.25) is 4.79 Å². The Hall–Kier alpha value is -2.76. The fourth-order valence-corrected chi connectivity index (χ4v) is 3.88. The predicted molar refractivity (Wildman–Crippen MR) is 109 cm³/mol. The van der Waals surface area contributed by atoms with E-state index in [4.69, 9.17) is 0 Å². The highest BCUT2D eigenvalue weighted by Gasteiger charge is 2.49. The number of carbonyl (C=O) groups is 1. The van der Waals surface area contributed by atoms with Gasteiger partial charge in [-0.25, -0.2) is 4.98 Å². The molecule has 1 fully saturated rings. The average Bonchev–Trinajstić information content (AvgIpc) is 2.63. The second-order valence-electron chi connectivity index (χ2n) is 7.76. The van der Waals surface area contributed by atoms with Crippen LogP contribution in [0.15, 0.2) is 48.0 Å². The van der Waals surface area contributed by atoms with Crippen LogP contribution >= 0.6 is 0 Å². The number of aryl methyl sites for hydroxylation is 1. The van der Waals surface area contributed by atoms with Crippen LogP contribution in [0.1, 0.15) is 56.4 Å². The zero-order chi connectivity index (χ0) is 21.2. The molecule has 1 heterocycles. The van der Waals surface area contributed by atoms with Crippen LogP contribution in [0.3, 0.4) is 0 Å². The first-order valence-corrected chi connectivity index (χ1v) is 9.74. The van der Waals surface area contributed by atoms with Gasteiger partial charge in [0.05, 0.1) is 5.41 Å². The number of carbonyl (C=O) groups excluding carboxylic acids is 1. The molecule has 29 heavy (non-hydrogen) atoms. The van der Waals surface area contributed by atoms with Crippen molar-refractivity contribution < 1.29 is 18.3 Å². The van der Waals surface area contributed by atoms with Crippen molar-refractivity contribution in [2.45, 2.75) is 58.5 Å². The van der Waals surface area contributed by atoms with E-state index in [0.29, 0.717) is 18.5 Å². The first-order valence-electron chi connectivity index (χ1n) is 9.74. The van der Waals surface area contributed by atoms with Gasteiger partial charge >= 0.3 is 6.61 Å². The number of rotatable bonds is 6. The van der Waals surface area contributed by atoms with E-state index in [0.717, 1.165) is 11.1 Å². The second kappa shape index (κ2) is 8.31. The van der Waals surface area contributed by atoms with Gasteiger partial charge in [0, 0.05) is 5.69 Å². The third-order valence-electron chi connectivity index (χ3n) is 5.45. The number of anilines is 1. The predicted octanol–water partition coefficient (Wildman–Crippen LogP) is 5.73. The van der Waals surface area contributed by atoms with Crippen molar-refractivity contribution in [2.24, 2.45) is 0 Å². The summed E-state index contributed by atoms with van der Waals surface area (Å²) < 4.78 is 30.1. The number of hydrogen-bond acceptors (Lipinski definition) is 3. The lowest BCUT2D eigenvalue weighted by Crippen LogP contribution is -2.48. The monoisotopic (exact) mass is 400 g/mol. The van der Waals surface area contributed by atoms with Crippen LogP contribution < -0.4 is 10.1 Å². The third kappa shape index (κ3) is 4.16. The summed E-state index contributed by atoms with van der Waals surface area (Å²) in [7, 11) is 0. The molecule has 1 aromatic heterocycles. The number of amides is 1. The lowest BCUT2D eigenvalue weighted by atomic mass is 9.59. The Balaban J connectivity index is 1.99. The van der Waals surface area contributed by atoms with Crippen molar-refractivity contribution in [1.29, 1.82) is 0 Å². The van der Waals surface area contributed by atoms with Crippen molar-refractivity contribution in [3.05, 3.63) is 64.9 Å². The summed E-state index contributed by atoms with van der Waals surface area (Å²) in [6, 6.07) is 11.1. The van der Waals surface area contributed by atoms with Crippen LogP contribution in [0, 0.1) is 6.92 Å². The number of halogens is 2. The number of ether oxygens (including phenoxy) is 1. The number of allylic oxidation sites excluding steroid dienone is 2. The van der Waals surface area contributed by atoms with E-state index in [-0.39, 0.29) is 23.4 Å². The fraction of sp³-hybridized carbons (Fsp3) is 0.391.